The van der Waals surface area contributed by atoms with Crippen LogP contribution in [0, 0.1) is 6.92 Å². The van der Waals surface area contributed by atoms with Gasteiger partial charge in [0, 0.05) is 23.8 Å². The van der Waals surface area contributed by atoms with Crippen LogP contribution in [0.1, 0.15) is 25.1 Å². The third-order valence-electron chi connectivity index (χ3n) is 1.89. The van der Waals surface area contributed by atoms with Gasteiger partial charge in [-0.3, -0.25) is 5.10 Å². The van der Waals surface area contributed by atoms with Crippen LogP contribution < -0.4 is 10.5 Å². The first-order valence-corrected chi connectivity index (χ1v) is 6.13. The molecule has 0 saturated carbocycles. The van der Waals surface area contributed by atoms with Gasteiger partial charge in [0.25, 0.3) is 10.0 Å². The average Bonchev–Trinajstić information content (AvgIpc) is 2.44. The molecular weight excluding hydrogens is 216 g/mol. The van der Waals surface area contributed by atoms with Crippen molar-refractivity contribution >= 4 is 10.0 Å². The van der Waals surface area contributed by atoms with E-state index in [1.54, 1.807) is 20.8 Å². The molecule has 4 N–H and O–H groups in total. The summed E-state index contributed by atoms with van der Waals surface area (Å²) in [5, 5.41) is 6.37. The van der Waals surface area contributed by atoms with E-state index in [0.29, 0.717) is 11.3 Å². The Morgan fingerprint density at radius 2 is 2.13 bits per heavy atom. The van der Waals surface area contributed by atoms with E-state index in [1.807, 2.05) is 0 Å². The van der Waals surface area contributed by atoms with Crippen LogP contribution in [0.25, 0.3) is 0 Å². The van der Waals surface area contributed by atoms with Gasteiger partial charge in [-0.1, -0.05) is 0 Å². The molecule has 0 unspecified atom stereocenters. The van der Waals surface area contributed by atoms with Crippen LogP contribution in [0.4, 0.5) is 0 Å². The third kappa shape index (κ3) is 2.55. The second-order valence-electron chi connectivity index (χ2n) is 3.61. The highest BCUT2D eigenvalue weighted by atomic mass is 32.2. The molecule has 0 fully saturated rings. The van der Waals surface area contributed by atoms with Crippen molar-refractivity contribution in [1.29, 1.82) is 0 Å². The van der Waals surface area contributed by atoms with Gasteiger partial charge in [0.2, 0.25) is 0 Å². The number of aromatic amines is 1. The van der Waals surface area contributed by atoms with Gasteiger partial charge in [-0.15, -0.1) is 0 Å². The third-order valence-corrected chi connectivity index (χ3v) is 3.51. The monoisotopic (exact) mass is 232 g/mol. The Kier molecular flexibility index (Phi) is 3.48. The lowest BCUT2D eigenvalue weighted by atomic mass is 10.3. The van der Waals surface area contributed by atoms with E-state index in [2.05, 4.69) is 14.9 Å². The number of hydrogen-bond donors (Lipinski definition) is 3. The van der Waals surface area contributed by atoms with Crippen molar-refractivity contribution in [2.24, 2.45) is 5.73 Å². The smallest absolute Gasteiger partial charge is 0.260 e. The van der Waals surface area contributed by atoms with Gasteiger partial charge in [-0.05, 0) is 20.8 Å². The minimum Gasteiger partial charge on any atom is -0.326 e. The number of hydrogen-bond acceptors (Lipinski definition) is 4. The van der Waals surface area contributed by atoms with E-state index in [0.717, 1.165) is 0 Å². The van der Waals surface area contributed by atoms with Crippen LogP contribution in [-0.4, -0.2) is 24.7 Å². The van der Waals surface area contributed by atoms with Gasteiger partial charge in [0.1, 0.15) is 0 Å². The van der Waals surface area contributed by atoms with Crippen molar-refractivity contribution in [3.05, 3.63) is 11.3 Å². The number of nitrogens with two attached hydrogens (primary N) is 1. The maximum Gasteiger partial charge on any atom is 0.260 e. The van der Waals surface area contributed by atoms with Gasteiger partial charge < -0.3 is 5.73 Å². The summed E-state index contributed by atoms with van der Waals surface area (Å²) in [5.41, 5.74) is 6.68. The molecule has 0 atom stereocenters. The van der Waals surface area contributed by atoms with Crippen LogP contribution in [0.5, 0.6) is 0 Å². The molecule has 15 heavy (non-hydrogen) atoms. The van der Waals surface area contributed by atoms with Gasteiger partial charge in [0.05, 0.1) is 0 Å². The number of nitrogens with one attached hydrogen (secondary N) is 2. The topological polar surface area (TPSA) is 101 Å². The van der Waals surface area contributed by atoms with Gasteiger partial charge in [-0.2, -0.15) is 5.10 Å². The molecule has 1 aromatic rings. The maximum absolute atomic E-state index is 11.8. The number of aromatic nitrogens is 2. The van der Waals surface area contributed by atoms with E-state index in [4.69, 9.17) is 5.73 Å². The summed E-state index contributed by atoms with van der Waals surface area (Å²) in [7, 11) is -3.55. The molecule has 1 rings (SSSR count). The summed E-state index contributed by atoms with van der Waals surface area (Å²) in [6.07, 6.45) is 0. The van der Waals surface area contributed by atoms with E-state index in [1.165, 1.54) is 0 Å². The molecule has 0 bridgehead atoms. The maximum atomic E-state index is 11.8. The molecule has 1 aromatic heterocycles. The Bertz CT molecular complexity index is 435. The standard InChI is InChI=1S/C8H16N4O2S/c1-5(2)12-15(13,14)8-7(4-9)6(3)10-11-8/h5,12H,4,9H2,1-3H3,(H,10,11). The van der Waals surface area contributed by atoms with Crippen molar-refractivity contribution < 1.29 is 8.42 Å². The normalized spacial score (nSPS) is 12.3. The zero-order valence-corrected chi connectivity index (χ0v) is 9.85. The lowest BCUT2D eigenvalue weighted by Gasteiger charge is -2.08. The lowest BCUT2D eigenvalue weighted by Crippen LogP contribution is -2.31. The molecule has 86 valence electrons. The predicted octanol–water partition coefficient (Wildman–Crippen LogP) is -0.136. The summed E-state index contributed by atoms with van der Waals surface area (Å²) < 4.78 is 26.0. The first kappa shape index (κ1) is 12.2. The molecule has 0 aliphatic rings. The summed E-state index contributed by atoms with van der Waals surface area (Å²) in [6.45, 7) is 5.39. The second kappa shape index (κ2) is 4.30. The highest BCUT2D eigenvalue weighted by molar-refractivity contribution is 7.89. The Hall–Kier alpha value is -0.920. The van der Waals surface area contributed by atoms with Gasteiger partial charge >= 0.3 is 0 Å². The highest BCUT2D eigenvalue weighted by Crippen LogP contribution is 2.15. The quantitative estimate of drug-likeness (QED) is 0.672. The summed E-state index contributed by atoms with van der Waals surface area (Å²) in [5.74, 6) is 0. The molecule has 7 heteroatoms. The number of rotatable bonds is 4. The van der Waals surface area contributed by atoms with E-state index < -0.39 is 10.0 Å². The first-order valence-electron chi connectivity index (χ1n) is 4.64. The van der Waals surface area contributed by atoms with Crippen LogP contribution in [0.3, 0.4) is 0 Å². The molecule has 0 aliphatic heterocycles. The lowest BCUT2D eigenvalue weighted by molar-refractivity contribution is 0.564. The summed E-state index contributed by atoms with van der Waals surface area (Å²) in [6, 6.07) is -0.169. The van der Waals surface area contributed by atoms with E-state index in [9.17, 15) is 8.42 Å². The molecule has 0 radical (unpaired) electrons. The Morgan fingerprint density at radius 1 is 1.53 bits per heavy atom. The zero-order chi connectivity index (χ0) is 11.6. The number of sulfonamides is 1. The largest absolute Gasteiger partial charge is 0.326 e. The van der Waals surface area contributed by atoms with E-state index >= 15 is 0 Å². The van der Waals surface area contributed by atoms with Crippen molar-refractivity contribution in [3.8, 4) is 0 Å². The molecular formula is C8H16N4O2S. The van der Waals surface area contributed by atoms with Crippen molar-refractivity contribution in [1.82, 2.24) is 14.9 Å². The fourth-order valence-electron chi connectivity index (χ4n) is 1.26. The molecule has 0 amide bonds. The first-order chi connectivity index (χ1) is 6.88. The van der Waals surface area contributed by atoms with Gasteiger partial charge in [0.15, 0.2) is 5.03 Å². The molecule has 1 heterocycles. The van der Waals surface area contributed by atoms with Crippen LogP contribution in [0.2, 0.25) is 0 Å². The molecule has 0 saturated heterocycles. The molecule has 0 spiro atoms. The molecule has 6 nitrogen and oxygen atoms in total. The van der Waals surface area contributed by atoms with Crippen molar-refractivity contribution in [2.45, 2.75) is 38.4 Å². The Morgan fingerprint density at radius 3 is 2.60 bits per heavy atom. The summed E-state index contributed by atoms with van der Waals surface area (Å²) >= 11 is 0. The molecule has 0 aromatic carbocycles. The van der Waals surface area contributed by atoms with Crippen molar-refractivity contribution in [2.75, 3.05) is 0 Å². The summed E-state index contributed by atoms with van der Waals surface area (Å²) in [4.78, 5) is 0. The fourth-order valence-corrected chi connectivity index (χ4v) is 2.72. The number of nitrogens with zero attached hydrogens (tertiary/aromatic N) is 1. The second-order valence-corrected chi connectivity index (χ2v) is 5.24. The minimum absolute atomic E-state index is 0.00352. The van der Waals surface area contributed by atoms with Crippen LogP contribution in [-0.2, 0) is 16.6 Å². The zero-order valence-electron chi connectivity index (χ0n) is 9.03. The Labute approximate surface area is 89.3 Å². The highest BCUT2D eigenvalue weighted by Gasteiger charge is 2.23. The SMILES string of the molecule is Cc1[nH]nc(S(=O)(=O)NC(C)C)c1CN. The number of H-pyrrole nitrogens is 1. The van der Waals surface area contributed by atoms with E-state index in [-0.39, 0.29) is 17.6 Å². The number of aryl methyl sites for hydroxylation is 1. The predicted molar refractivity (Wildman–Crippen MR) is 56.7 cm³/mol. The van der Waals surface area contributed by atoms with Gasteiger partial charge in [-0.25, -0.2) is 13.1 Å². The average molecular weight is 232 g/mol. The Balaban J connectivity index is 3.15. The van der Waals surface area contributed by atoms with Crippen LogP contribution in [0.15, 0.2) is 5.03 Å². The van der Waals surface area contributed by atoms with Crippen LogP contribution >= 0.6 is 0 Å². The minimum atomic E-state index is -3.55. The molecule has 0 aliphatic carbocycles. The van der Waals surface area contributed by atoms with Crippen molar-refractivity contribution in [3.63, 3.8) is 0 Å². The fraction of sp³-hybridized carbons (Fsp3) is 0.625.